The molecule has 0 aliphatic carbocycles. The monoisotopic (exact) mass is 628 g/mol. The third-order valence-electron chi connectivity index (χ3n) is 0.444. The molecule has 0 saturated carbocycles. The quantitative estimate of drug-likeness (QED) is 0.294. The molecular formula is CHTl3. The van der Waals surface area contributed by atoms with Crippen LogP contribution in [-0.2, 0) is 0 Å². The van der Waals surface area contributed by atoms with Crippen molar-refractivity contribution in [3.8, 4) is 0 Å². The fraction of sp³-hybridized carbons (Fsp3) is 0. The summed E-state index contributed by atoms with van der Waals surface area (Å²) in [5.41, 5.74) is 0. The van der Waals surface area contributed by atoms with Gasteiger partial charge in [-0.15, -0.1) is 0 Å². The molecule has 0 fully saturated rings. The van der Waals surface area contributed by atoms with Gasteiger partial charge in [0.1, 0.15) is 0 Å². The first-order chi connectivity index (χ1) is 2.00. The fourth-order valence-corrected chi connectivity index (χ4v) is 75.1. The number of rotatable bonds is 0. The van der Waals surface area contributed by atoms with Crippen molar-refractivity contribution in [2.75, 3.05) is 0 Å². The molecule has 0 amide bonds. The molecular weight excluding hydrogens is 625 g/mol. The second-order valence-electron chi connectivity index (χ2n) is 0.770. The van der Waals surface area contributed by atoms with Crippen LogP contribution in [0.5, 0.6) is 0 Å². The predicted molar refractivity (Wildman–Crippen MR) is 23.3 cm³/mol. The summed E-state index contributed by atoms with van der Waals surface area (Å²) in [5, 5.41) is 0. The molecule has 0 saturated heterocycles. The molecule has 4 heavy (non-hydrogen) atoms. The van der Waals surface area contributed by atoms with E-state index >= 15 is 0 Å². The first-order valence-electron chi connectivity index (χ1n) is 1.33. The van der Waals surface area contributed by atoms with E-state index in [9.17, 15) is 0 Å². The van der Waals surface area contributed by atoms with Crippen molar-refractivity contribution in [2.45, 2.75) is 0 Å². The van der Waals surface area contributed by atoms with Crippen LogP contribution in [0.3, 0.4) is 0 Å². The third kappa shape index (κ3) is 1.39. The Labute approximate surface area is 49.4 Å². The molecule has 0 atom stereocenters. The van der Waals surface area contributed by atoms with Crippen LogP contribution in [0.15, 0.2) is 0 Å². The van der Waals surface area contributed by atoms with E-state index in [-0.39, 0.29) is 0 Å². The predicted octanol–water partition coefficient (Wildman–Crippen LogP) is -1.30. The first-order valence-corrected chi connectivity index (χ1v) is 57.2. The van der Waals surface area contributed by atoms with Gasteiger partial charge in [-0.3, -0.25) is 0 Å². The van der Waals surface area contributed by atoms with Gasteiger partial charge in [0.05, 0.1) is 0 Å². The molecule has 1 heterocycles. The Morgan fingerprint density at radius 1 is 1.50 bits per heavy atom. The Balaban J connectivity index is 2.67. The summed E-state index contributed by atoms with van der Waals surface area (Å²) in [4.78, 5) is 0. The molecule has 0 nitrogen and oxygen atoms in total. The van der Waals surface area contributed by atoms with Gasteiger partial charge in [0, 0.05) is 0 Å². The van der Waals surface area contributed by atoms with Crippen molar-refractivity contribution in [1.82, 2.24) is 0 Å². The summed E-state index contributed by atoms with van der Waals surface area (Å²) < 4.78 is 2.81. The fourth-order valence-electron chi connectivity index (χ4n) is 0.111. The first kappa shape index (κ1) is 4.79. The van der Waals surface area contributed by atoms with Gasteiger partial charge in [-0.05, 0) is 0 Å². The molecule has 1 aliphatic rings. The Morgan fingerprint density at radius 2 is 1.75 bits per heavy atom. The molecule has 0 aromatic heterocycles. The number of hydrogen-bond donors (Lipinski definition) is 0. The van der Waals surface area contributed by atoms with Crippen LogP contribution in [0.1, 0.15) is 0 Å². The molecule has 0 bridgehead atoms. The molecule has 0 radical (unpaired) electrons. The second-order valence-corrected chi connectivity index (χ2v) is 174. The van der Waals surface area contributed by atoms with Crippen LogP contribution in [0.25, 0.3) is 0 Å². The Hall–Kier alpha value is 2.64. The Morgan fingerprint density at radius 3 is 1.75 bits per heavy atom. The second kappa shape index (κ2) is 2.75. The van der Waals surface area contributed by atoms with Crippen molar-refractivity contribution < 1.29 is 0 Å². The maximum absolute atomic E-state index is 2.81. The molecule has 14 valence electrons. The molecule has 1 aliphatic heterocycles. The molecule has 0 aromatic carbocycles. The minimum atomic E-state index is 0.333. The van der Waals surface area contributed by atoms with Crippen molar-refractivity contribution in [1.29, 1.82) is 0 Å². The van der Waals surface area contributed by atoms with E-state index in [1.54, 1.807) is 0 Å². The van der Waals surface area contributed by atoms with Crippen molar-refractivity contribution in [3.05, 3.63) is 0 Å². The van der Waals surface area contributed by atoms with Gasteiger partial charge >= 0.3 is 51.1 Å². The normalized spacial score (nSPS) is 10.0. The van der Waals surface area contributed by atoms with E-state index in [0.29, 0.717) is 50.0 Å². The topological polar surface area (TPSA) is 0 Å². The van der Waals surface area contributed by atoms with Gasteiger partial charge < -0.3 is 0 Å². The van der Waals surface area contributed by atoms with Crippen molar-refractivity contribution in [2.24, 2.45) is 0 Å². The van der Waals surface area contributed by atoms with Crippen LogP contribution >= 0.6 is 0 Å². The third-order valence-corrected chi connectivity index (χ3v) is 300. The Kier molecular flexibility index (Phi) is 3.29. The molecule has 0 unspecified atom stereocenters. The zero-order chi connectivity index (χ0) is 2.83. The number of hydrogen-bond acceptors (Lipinski definition) is 0. The van der Waals surface area contributed by atoms with E-state index in [1.165, 1.54) is 0 Å². The van der Waals surface area contributed by atoms with E-state index in [4.69, 9.17) is 0 Å². The zero-order valence-corrected chi connectivity index (χ0v) is 15.8. The van der Waals surface area contributed by atoms with Crippen LogP contribution in [0.4, 0.5) is 0 Å². The summed E-state index contributed by atoms with van der Waals surface area (Å²) in [7, 11) is 0. The van der Waals surface area contributed by atoms with Gasteiger partial charge in [0.25, 0.3) is 0 Å². The summed E-state index contributed by atoms with van der Waals surface area (Å²) in [6.07, 6.45) is 0. The van der Waals surface area contributed by atoms with Gasteiger partial charge in [-0.2, -0.15) is 0 Å². The molecule has 0 N–H and O–H groups in total. The van der Waals surface area contributed by atoms with Crippen molar-refractivity contribution >= 4 is 51.1 Å². The van der Waals surface area contributed by atoms with Gasteiger partial charge in [-0.1, -0.05) is 0 Å². The molecule has 0 aromatic rings. The van der Waals surface area contributed by atoms with Crippen molar-refractivity contribution in [3.63, 3.8) is 0 Å². The summed E-state index contributed by atoms with van der Waals surface area (Å²) >= 11 is 1.19. The van der Waals surface area contributed by atoms with E-state index in [2.05, 4.69) is 1.12 Å². The Bertz CT molecular complexity index is 43.7. The standard InChI is InChI=1S/CH.3Tl/h1H;;;. The van der Waals surface area contributed by atoms with Gasteiger partial charge in [0.2, 0.25) is 0 Å². The van der Waals surface area contributed by atoms with E-state index in [0.717, 1.165) is 0 Å². The molecule has 1 rings (SSSR count). The van der Waals surface area contributed by atoms with E-state index in [1.807, 2.05) is 0 Å². The van der Waals surface area contributed by atoms with Crippen LogP contribution in [0, 0.1) is 0 Å². The summed E-state index contributed by atoms with van der Waals surface area (Å²) in [6.45, 7) is 0. The van der Waals surface area contributed by atoms with Gasteiger partial charge in [-0.25, -0.2) is 0 Å². The average molecular weight is 626 g/mol. The zero-order valence-electron chi connectivity index (χ0n) is 2.31. The van der Waals surface area contributed by atoms with Crippen LogP contribution < -0.4 is 0 Å². The average Bonchev–Trinajstić information content (AvgIpc) is 0.722. The minimum absolute atomic E-state index is 0.333. The van der Waals surface area contributed by atoms with E-state index < -0.39 is 0 Å². The summed E-state index contributed by atoms with van der Waals surface area (Å²) in [5.74, 6) is 0. The SMILES string of the molecule is [CH]1=[Tl][Tl]=[Tl]1. The molecule has 0 spiro atoms. The van der Waals surface area contributed by atoms with Crippen LogP contribution in [0.2, 0.25) is 0 Å². The summed E-state index contributed by atoms with van der Waals surface area (Å²) in [6, 6.07) is 0. The molecule has 3 heteroatoms. The van der Waals surface area contributed by atoms with Crippen LogP contribution in [-0.4, -0.2) is 51.1 Å². The van der Waals surface area contributed by atoms with Gasteiger partial charge in [0.15, 0.2) is 0 Å². The maximum atomic E-state index is 2.81.